The Bertz CT molecular complexity index is 1200. The van der Waals surface area contributed by atoms with E-state index in [9.17, 15) is 28.1 Å². The Morgan fingerprint density at radius 3 is 1.97 bits per heavy atom. The van der Waals surface area contributed by atoms with Crippen LogP contribution in [0.3, 0.4) is 0 Å². The van der Waals surface area contributed by atoms with Crippen LogP contribution in [-0.2, 0) is 11.2 Å². The van der Waals surface area contributed by atoms with Crippen molar-refractivity contribution in [1.82, 2.24) is 0 Å². The summed E-state index contributed by atoms with van der Waals surface area (Å²) < 4.78 is 52.4. The molecule has 0 N–H and O–H groups in total. The molecule has 0 spiro atoms. The highest BCUT2D eigenvalue weighted by Gasteiger charge is 2.50. The number of alkyl halides is 3. The molecule has 0 fully saturated rings. The lowest BCUT2D eigenvalue weighted by Crippen LogP contribution is -2.49. The molecule has 190 valence electrons. The van der Waals surface area contributed by atoms with E-state index in [1.165, 1.54) is 62.8 Å². The maximum atomic E-state index is 13.9. The molecule has 0 saturated heterocycles. The van der Waals surface area contributed by atoms with Gasteiger partial charge in [-0.3, -0.25) is 19.8 Å². The predicted molar refractivity (Wildman–Crippen MR) is 131 cm³/mol. The first kappa shape index (κ1) is 27.0. The van der Waals surface area contributed by atoms with Crippen molar-refractivity contribution >= 4 is 27.5 Å². The molecule has 3 rings (SSSR count). The Labute approximate surface area is 213 Å². The molecule has 36 heavy (non-hydrogen) atoms. The topological polar surface area (TPSA) is 81.9 Å². The average Bonchev–Trinajstić information content (AvgIpc) is 2.86. The lowest BCUT2D eigenvalue weighted by atomic mass is 9.92. The molecule has 0 aromatic heterocycles. The molecule has 3 aromatic rings. The van der Waals surface area contributed by atoms with Crippen LogP contribution in [0.1, 0.15) is 17.2 Å². The monoisotopic (exact) mass is 566 g/mol. The highest BCUT2D eigenvalue weighted by Crippen LogP contribution is 2.38. The summed E-state index contributed by atoms with van der Waals surface area (Å²) in [5.74, 6) is -1.48. The van der Waals surface area contributed by atoms with Crippen molar-refractivity contribution < 1.29 is 32.4 Å². The van der Waals surface area contributed by atoms with Crippen molar-refractivity contribution in [3.8, 4) is 11.5 Å². The van der Waals surface area contributed by atoms with Gasteiger partial charge in [0.2, 0.25) is 6.04 Å². The third kappa shape index (κ3) is 6.14. The summed E-state index contributed by atoms with van der Waals surface area (Å²) >= 11 is 3.34. The van der Waals surface area contributed by atoms with Crippen LogP contribution in [0.15, 0.2) is 77.3 Å². The molecule has 0 unspecified atom stereocenters. The van der Waals surface area contributed by atoms with Crippen LogP contribution in [0.2, 0.25) is 0 Å². The molecule has 1 amide bonds. The summed E-state index contributed by atoms with van der Waals surface area (Å²) in [6.07, 6.45) is -5.54. The first-order valence-electron chi connectivity index (χ1n) is 10.6. The van der Waals surface area contributed by atoms with Crippen LogP contribution >= 0.6 is 15.9 Å². The number of rotatable bonds is 9. The molecule has 7 nitrogen and oxygen atoms in total. The van der Waals surface area contributed by atoms with Gasteiger partial charge in [-0.15, -0.1) is 0 Å². The number of nitrogens with zero attached hydrogens (tertiary/aromatic N) is 2. The van der Waals surface area contributed by atoms with Gasteiger partial charge in [-0.05, 0) is 53.6 Å². The second-order valence-electron chi connectivity index (χ2n) is 7.74. The molecule has 11 heteroatoms. The number of halogens is 4. The van der Waals surface area contributed by atoms with Gasteiger partial charge in [0.1, 0.15) is 17.5 Å². The standard InChI is InChI=1S/C25H22BrF3N2O5/c1-35-19-11-7-16(8-12-19)23(22(31(33)34)15-17-5-3-4-6-21(17)26)30(24(32)25(27,28)29)18-9-13-20(36-2)14-10-18/h3-14,22-23H,15H2,1-2H3/t22-,23+/m0/s1. The minimum absolute atomic E-state index is 0.137. The minimum atomic E-state index is -5.29. The molecule has 3 aromatic carbocycles. The second-order valence-corrected chi connectivity index (χ2v) is 8.59. The van der Waals surface area contributed by atoms with Crippen molar-refractivity contribution in [3.05, 3.63) is 98.5 Å². The number of benzene rings is 3. The molecular weight excluding hydrogens is 545 g/mol. The first-order chi connectivity index (χ1) is 17.1. The zero-order chi connectivity index (χ0) is 26.5. The predicted octanol–water partition coefficient (Wildman–Crippen LogP) is 5.99. The van der Waals surface area contributed by atoms with E-state index < -0.39 is 29.1 Å². The lowest BCUT2D eigenvalue weighted by molar-refractivity contribution is -0.526. The smallest absolute Gasteiger partial charge is 0.471 e. The summed E-state index contributed by atoms with van der Waals surface area (Å²) in [6, 6.07) is 14.5. The van der Waals surface area contributed by atoms with Crippen molar-refractivity contribution in [3.63, 3.8) is 0 Å². The normalized spacial score (nSPS) is 12.9. The number of nitro groups is 1. The largest absolute Gasteiger partial charge is 0.497 e. The summed E-state index contributed by atoms with van der Waals surface area (Å²) in [5, 5.41) is 12.4. The molecular formula is C25H22BrF3N2O5. The van der Waals surface area contributed by atoms with Gasteiger partial charge in [-0.2, -0.15) is 13.2 Å². The maximum absolute atomic E-state index is 13.9. The van der Waals surface area contributed by atoms with Crippen LogP contribution in [-0.4, -0.2) is 37.3 Å². The van der Waals surface area contributed by atoms with Gasteiger partial charge < -0.3 is 9.47 Å². The van der Waals surface area contributed by atoms with E-state index >= 15 is 0 Å². The fourth-order valence-corrected chi connectivity index (χ4v) is 4.27. The van der Waals surface area contributed by atoms with E-state index in [1.807, 2.05) is 0 Å². The van der Waals surface area contributed by atoms with Crippen LogP contribution in [0.4, 0.5) is 18.9 Å². The molecule has 0 heterocycles. The summed E-state index contributed by atoms with van der Waals surface area (Å²) in [4.78, 5) is 25.0. The summed E-state index contributed by atoms with van der Waals surface area (Å²) in [5.41, 5.74) is 0.475. The molecule has 0 aliphatic carbocycles. The highest BCUT2D eigenvalue weighted by molar-refractivity contribution is 9.10. The molecule has 0 radical (unpaired) electrons. The van der Waals surface area contributed by atoms with Gasteiger partial charge in [-0.25, -0.2) is 0 Å². The Kier molecular flexibility index (Phi) is 8.57. The van der Waals surface area contributed by atoms with E-state index in [0.717, 1.165) is 0 Å². The SMILES string of the molecule is COc1ccc([C@H]([C@H](Cc2ccccc2Br)[N+](=O)[O-])N(C(=O)C(F)(F)F)c2ccc(OC)cc2)cc1. The number of carbonyl (C=O) groups is 1. The Morgan fingerprint density at radius 1 is 0.972 bits per heavy atom. The fraction of sp³-hybridized carbons (Fsp3) is 0.240. The van der Waals surface area contributed by atoms with Crippen LogP contribution in [0, 0.1) is 10.1 Å². The minimum Gasteiger partial charge on any atom is -0.497 e. The number of hydrogen-bond acceptors (Lipinski definition) is 5. The maximum Gasteiger partial charge on any atom is 0.471 e. The molecule has 0 saturated carbocycles. The Morgan fingerprint density at radius 2 is 1.50 bits per heavy atom. The van der Waals surface area contributed by atoms with E-state index in [-0.39, 0.29) is 17.7 Å². The van der Waals surface area contributed by atoms with E-state index in [1.54, 1.807) is 24.3 Å². The van der Waals surface area contributed by atoms with E-state index in [0.29, 0.717) is 26.4 Å². The molecule has 2 atom stereocenters. The first-order valence-corrected chi connectivity index (χ1v) is 11.4. The van der Waals surface area contributed by atoms with Gasteiger partial charge >= 0.3 is 12.1 Å². The summed E-state index contributed by atoms with van der Waals surface area (Å²) in [6.45, 7) is 0. The number of anilines is 1. The third-order valence-electron chi connectivity index (χ3n) is 5.57. The number of methoxy groups -OCH3 is 2. The van der Waals surface area contributed by atoms with Gasteiger partial charge in [0, 0.05) is 21.5 Å². The van der Waals surface area contributed by atoms with E-state index in [2.05, 4.69) is 15.9 Å². The van der Waals surface area contributed by atoms with Gasteiger partial charge in [0.25, 0.3) is 0 Å². The number of hydrogen-bond donors (Lipinski definition) is 0. The van der Waals surface area contributed by atoms with Crippen LogP contribution in [0.5, 0.6) is 11.5 Å². The quantitative estimate of drug-likeness (QED) is 0.234. The van der Waals surface area contributed by atoms with Crippen molar-refractivity contribution in [2.24, 2.45) is 0 Å². The second kappa shape index (κ2) is 11.4. The zero-order valence-electron chi connectivity index (χ0n) is 19.2. The molecule has 0 aliphatic heterocycles. The number of carbonyl (C=O) groups excluding carboxylic acids is 1. The van der Waals surface area contributed by atoms with Crippen LogP contribution < -0.4 is 14.4 Å². The van der Waals surface area contributed by atoms with Crippen LogP contribution in [0.25, 0.3) is 0 Å². The molecule has 0 bridgehead atoms. The van der Waals surface area contributed by atoms with Gasteiger partial charge in [0.05, 0.1) is 14.2 Å². The highest BCUT2D eigenvalue weighted by atomic mass is 79.9. The third-order valence-corrected chi connectivity index (χ3v) is 6.34. The van der Waals surface area contributed by atoms with Gasteiger partial charge in [-0.1, -0.05) is 46.3 Å². The van der Waals surface area contributed by atoms with E-state index in [4.69, 9.17) is 9.47 Å². The molecule has 0 aliphatic rings. The van der Waals surface area contributed by atoms with Gasteiger partial charge in [0.15, 0.2) is 0 Å². The fourth-order valence-electron chi connectivity index (χ4n) is 3.82. The zero-order valence-corrected chi connectivity index (χ0v) is 20.8. The van der Waals surface area contributed by atoms with Crippen molar-refractivity contribution in [1.29, 1.82) is 0 Å². The number of amides is 1. The number of ether oxygens (including phenoxy) is 2. The lowest BCUT2D eigenvalue weighted by Gasteiger charge is -2.34. The Balaban J connectivity index is 2.25. The Hall–Kier alpha value is -3.60. The summed E-state index contributed by atoms with van der Waals surface area (Å²) in [7, 11) is 2.80. The average molecular weight is 567 g/mol. The van der Waals surface area contributed by atoms with Crippen molar-refractivity contribution in [2.45, 2.75) is 24.7 Å². The van der Waals surface area contributed by atoms with Crippen molar-refractivity contribution in [2.75, 3.05) is 19.1 Å².